The topological polar surface area (TPSA) is 34.9 Å². The zero-order valence-corrected chi connectivity index (χ0v) is 10.3. The van der Waals surface area contributed by atoms with Gasteiger partial charge in [-0.25, -0.2) is 9.37 Å². The van der Waals surface area contributed by atoms with Crippen LogP contribution in [0.25, 0.3) is 0 Å². The van der Waals surface area contributed by atoms with Gasteiger partial charge in [-0.15, -0.1) is 0 Å². The third-order valence-corrected chi connectivity index (χ3v) is 2.82. The normalized spacial score (nSPS) is 10.6. The molecule has 3 nitrogen and oxygen atoms in total. The average Bonchev–Trinajstić information content (AvgIpc) is 2.80. The largest absolute Gasteiger partial charge is 0.335 e. The molecule has 0 N–H and O–H groups in total. The molecular formula is C14H15FN2O. The molecule has 4 heteroatoms. The number of aromatic nitrogens is 2. The lowest BCUT2D eigenvalue weighted by Crippen LogP contribution is -2.04. The molecule has 0 aliphatic carbocycles. The number of rotatable bonds is 5. The average molecular weight is 246 g/mol. The van der Waals surface area contributed by atoms with Crippen LogP contribution < -0.4 is 0 Å². The Balaban J connectivity index is 2.23. The van der Waals surface area contributed by atoms with E-state index < -0.39 is 5.82 Å². The molecule has 1 heterocycles. The molecule has 0 fully saturated rings. The van der Waals surface area contributed by atoms with E-state index in [0.717, 1.165) is 24.4 Å². The van der Waals surface area contributed by atoms with Crippen molar-refractivity contribution in [2.45, 2.75) is 26.3 Å². The molecule has 18 heavy (non-hydrogen) atoms. The Bertz CT molecular complexity index is 548. The summed E-state index contributed by atoms with van der Waals surface area (Å²) in [7, 11) is 0. The second kappa shape index (κ2) is 5.58. The Kier molecular flexibility index (Phi) is 3.87. The van der Waals surface area contributed by atoms with Crippen LogP contribution in [0.2, 0.25) is 0 Å². The predicted octanol–water partition coefficient (Wildman–Crippen LogP) is 2.84. The summed E-state index contributed by atoms with van der Waals surface area (Å²) in [5.41, 5.74) is 0.989. The van der Waals surface area contributed by atoms with E-state index >= 15 is 0 Å². The summed E-state index contributed by atoms with van der Waals surface area (Å²) in [6.07, 6.45) is 5.87. The van der Waals surface area contributed by atoms with Crippen LogP contribution in [0.4, 0.5) is 4.39 Å². The second-order valence-corrected chi connectivity index (χ2v) is 4.19. The van der Waals surface area contributed by atoms with Gasteiger partial charge in [0.05, 0.1) is 5.56 Å². The molecule has 1 aromatic carbocycles. The highest BCUT2D eigenvalue weighted by atomic mass is 19.1. The third kappa shape index (κ3) is 2.64. The molecule has 2 rings (SSSR count). The smallest absolute Gasteiger partial charge is 0.153 e. The molecule has 2 aromatic rings. The summed E-state index contributed by atoms with van der Waals surface area (Å²) >= 11 is 0. The van der Waals surface area contributed by atoms with E-state index in [1.54, 1.807) is 18.3 Å². The quantitative estimate of drug-likeness (QED) is 0.760. The summed E-state index contributed by atoms with van der Waals surface area (Å²) in [4.78, 5) is 15.0. The summed E-state index contributed by atoms with van der Waals surface area (Å²) in [6, 6.07) is 4.59. The predicted molar refractivity (Wildman–Crippen MR) is 67.1 cm³/mol. The minimum absolute atomic E-state index is 0.0982. The molecule has 0 unspecified atom stereocenters. The van der Waals surface area contributed by atoms with Crippen LogP contribution in [0.1, 0.15) is 35.1 Å². The Hall–Kier alpha value is -1.97. The fourth-order valence-electron chi connectivity index (χ4n) is 1.93. The monoisotopic (exact) mass is 246 g/mol. The van der Waals surface area contributed by atoms with Crippen molar-refractivity contribution in [2.24, 2.45) is 0 Å². The van der Waals surface area contributed by atoms with Gasteiger partial charge in [0, 0.05) is 25.4 Å². The Morgan fingerprint density at radius 2 is 2.28 bits per heavy atom. The molecule has 94 valence electrons. The summed E-state index contributed by atoms with van der Waals surface area (Å²) in [5.74, 6) is 0.450. The van der Waals surface area contributed by atoms with Crippen LogP contribution in [0, 0.1) is 5.82 Å². The number of hydrogen-bond donors (Lipinski definition) is 0. The number of aldehydes is 1. The maximum atomic E-state index is 13.2. The summed E-state index contributed by atoms with van der Waals surface area (Å²) in [6.45, 7) is 3.02. The Morgan fingerprint density at radius 3 is 3.00 bits per heavy atom. The number of hydrogen-bond acceptors (Lipinski definition) is 2. The van der Waals surface area contributed by atoms with Gasteiger partial charge in [-0.05, 0) is 24.1 Å². The first kappa shape index (κ1) is 12.5. The van der Waals surface area contributed by atoms with Crippen LogP contribution in [-0.2, 0) is 13.0 Å². The number of carbonyl (C=O) groups excluding carboxylic acids is 1. The summed E-state index contributed by atoms with van der Waals surface area (Å²) in [5, 5.41) is 0. The zero-order chi connectivity index (χ0) is 13.0. The highest BCUT2D eigenvalue weighted by Gasteiger charge is 2.06. The first-order chi connectivity index (χ1) is 8.74. The SMILES string of the molecule is CCCn1ccnc1Cc1ccc(F)c(C=O)c1. The van der Waals surface area contributed by atoms with Crippen molar-refractivity contribution in [1.82, 2.24) is 9.55 Å². The molecular weight excluding hydrogens is 231 g/mol. The molecule has 0 bridgehead atoms. The third-order valence-electron chi connectivity index (χ3n) is 2.82. The van der Waals surface area contributed by atoms with E-state index in [1.165, 1.54) is 6.07 Å². The first-order valence-electron chi connectivity index (χ1n) is 5.98. The molecule has 0 amide bonds. The minimum atomic E-state index is -0.481. The van der Waals surface area contributed by atoms with E-state index in [0.29, 0.717) is 12.7 Å². The molecule has 0 atom stereocenters. The van der Waals surface area contributed by atoms with Gasteiger partial charge in [0.1, 0.15) is 11.6 Å². The van der Waals surface area contributed by atoms with Crippen LogP contribution in [0.5, 0.6) is 0 Å². The van der Waals surface area contributed by atoms with Crippen molar-refractivity contribution < 1.29 is 9.18 Å². The lowest BCUT2D eigenvalue weighted by Gasteiger charge is -2.07. The van der Waals surface area contributed by atoms with Crippen LogP contribution in [0.15, 0.2) is 30.6 Å². The first-order valence-corrected chi connectivity index (χ1v) is 5.98. The zero-order valence-electron chi connectivity index (χ0n) is 10.3. The molecule has 0 saturated carbocycles. The Morgan fingerprint density at radius 1 is 1.44 bits per heavy atom. The molecule has 0 aliphatic heterocycles. The van der Waals surface area contributed by atoms with Gasteiger partial charge < -0.3 is 4.57 Å². The lowest BCUT2D eigenvalue weighted by molar-refractivity contribution is 0.111. The second-order valence-electron chi connectivity index (χ2n) is 4.19. The number of nitrogens with zero attached hydrogens (tertiary/aromatic N) is 2. The number of carbonyl (C=O) groups is 1. The van der Waals surface area contributed by atoms with Crippen LogP contribution in [-0.4, -0.2) is 15.8 Å². The molecule has 1 aromatic heterocycles. The van der Waals surface area contributed by atoms with Gasteiger partial charge >= 0.3 is 0 Å². The van der Waals surface area contributed by atoms with Crippen molar-refractivity contribution in [2.75, 3.05) is 0 Å². The number of halogens is 1. The van der Waals surface area contributed by atoms with Crippen molar-refractivity contribution in [3.63, 3.8) is 0 Å². The maximum Gasteiger partial charge on any atom is 0.153 e. The number of aryl methyl sites for hydroxylation is 1. The molecule has 0 aliphatic rings. The fourth-order valence-corrected chi connectivity index (χ4v) is 1.93. The van der Waals surface area contributed by atoms with Gasteiger partial charge in [0.2, 0.25) is 0 Å². The van der Waals surface area contributed by atoms with Gasteiger partial charge in [-0.1, -0.05) is 13.0 Å². The number of imidazole rings is 1. The van der Waals surface area contributed by atoms with Crippen molar-refractivity contribution >= 4 is 6.29 Å². The fraction of sp³-hybridized carbons (Fsp3) is 0.286. The van der Waals surface area contributed by atoms with Crippen LogP contribution >= 0.6 is 0 Å². The van der Waals surface area contributed by atoms with Gasteiger partial charge in [0.15, 0.2) is 6.29 Å². The molecule has 0 saturated heterocycles. The van der Waals surface area contributed by atoms with Crippen molar-refractivity contribution in [3.8, 4) is 0 Å². The minimum Gasteiger partial charge on any atom is -0.335 e. The highest BCUT2D eigenvalue weighted by Crippen LogP contribution is 2.13. The van der Waals surface area contributed by atoms with E-state index in [4.69, 9.17) is 0 Å². The lowest BCUT2D eigenvalue weighted by atomic mass is 10.1. The molecule has 0 radical (unpaired) electrons. The van der Waals surface area contributed by atoms with Crippen molar-refractivity contribution in [3.05, 3.63) is 53.4 Å². The number of benzene rings is 1. The van der Waals surface area contributed by atoms with E-state index in [2.05, 4.69) is 16.5 Å². The van der Waals surface area contributed by atoms with E-state index in [9.17, 15) is 9.18 Å². The van der Waals surface area contributed by atoms with E-state index in [-0.39, 0.29) is 5.56 Å². The molecule has 0 spiro atoms. The van der Waals surface area contributed by atoms with Gasteiger partial charge in [-0.3, -0.25) is 4.79 Å². The summed E-state index contributed by atoms with van der Waals surface area (Å²) < 4.78 is 15.3. The van der Waals surface area contributed by atoms with E-state index in [1.807, 2.05) is 6.20 Å². The van der Waals surface area contributed by atoms with Gasteiger partial charge in [0.25, 0.3) is 0 Å². The van der Waals surface area contributed by atoms with Crippen molar-refractivity contribution in [1.29, 1.82) is 0 Å². The highest BCUT2D eigenvalue weighted by molar-refractivity contribution is 5.75. The standard InChI is InChI=1S/C14H15FN2O/c1-2-6-17-7-5-16-14(17)9-11-3-4-13(15)12(8-11)10-18/h3-5,7-8,10H,2,6,9H2,1H3. The maximum absolute atomic E-state index is 13.2. The van der Waals surface area contributed by atoms with Gasteiger partial charge in [-0.2, -0.15) is 0 Å². The van der Waals surface area contributed by atoms with Crippen LogP contribution in [0.3, 0.4) is 0 Å². The Labute approximate surface area is 105 Å².